The fourth-order valence-corrected chi connectivity index (χ4v) is 4.77. The average molecular weight is 478 g/mol. The number of rotatable bonds is 7. The first-order valence-electron chi connectivity index (χ1n) is 12.4. The molecule has 0 radical (unpaired) electrons. The molecule has 186 valence electrons. The van der Waals surface area contributed by atoms with Crippen molar-refractivity contribution in [1.82, 2.24) is 4.90 Å². The summed E-state index contributed by atoms with van der Waals surface area (Å²) in [4.78, 5) is 15.0. The van der Waals surface area contributed by atoms with Gasteiger partial charge in [0.25, 0.3) is 0 Å². The van der Waals surface area contributed by atoms with E-state index >= 15 is 0 Å². The van der Waals surface area contributed by atoms with E-state index in [-0.39, 0.29) is 18.1 Å². The number of fused-ring (bicyclic) bond motifs is 1. The molecule has 0 bridgehead atoms. The number of hydrogen-bond acceptors (Lipinski definition) is 5. The number of benzene rings is 2. The van der Waals surface area contributed by atoms with Crippen LogP contribution in [0.3, 0.4) is 0 Å². The van der Waals surface area contributed by atoms with E-state index in [1.165, 1.54) is 0 Å². The zero-order chi connectivity index (χ0) is 25.1. The first-order chi connectivity index (χ1) is 16.8. The van der Waals surface area contributed by atoms with Crippen molar-refractivity contribution in [3.63, 3.8) is 0 Å². The second kappa shape index (κ2) is 10.6. The monoisotopic (exact) mass is 477 g/mol. The number of carbonyl (C=O) groups is 1. The van der Waals surface area contributed by atoms with Crippen LogP contribution < -0.4 is 9.47 Å². The van der Waals surface area contributed by atoms with Crippen LogP contribution in [0.5, 0.6) is 11.5 Å². The van der Waals surface area contributed by atoms with E-state index in [0.29, 0.717) is 26.3 Å². The first-order valence-corrected chi connectivity index (χ1v) is 12.4. The van der Waals surface area contributed by atoms with Gasteiger partial charge in [-0.3, -0.25) is 4.79 Å². The maximum absolute atomic E-state index is 13.1. The number of hydrogen-bond donors (Lipinski definition) is 0. The van der Waals surface area contributed by atoms with Crippen molar-refractivity contribution in [2.24, 2.45) is 0 Å². The van der Waals surface area contributed by atoms with Gasteiger partial charge in [-0.05, 0) is 70.9 Å². The summed E-state index contributed by atoms with van der Waals surface area (Å²) in [6, 6.07) is 10.1. The van der Waals surface area contributed by atoms with Crippen LogP contribution in [-0.2, 0) is 9.53 Å². The van der Waals surface area contributed by atoms with Crippen molar-refractivity contribution in [3.8, 4) is 22.6 Å². The molecule has 2 atom stereocenters. The molecule has 3 aromatic rings. The SMILES string of the molecule is CCOc1ccc(-c2coc3c(C)c(OCC)c(/C(C)=C/C(=O)N4CC(C)OC(C)C4)cc23)cc1. The molecule has 1 amide bonds. The van der Waals surface area contributed by atoms with Crippen molar-refractivity contribution >= 4 is 22.4 Å². The normalized spacial score (nSPS) is 18.7. The van der Waals surface area contributed by atoms with Crippen molar-refractivity contribution in [2.45, 2.75) is 53.8 Å². The summed E-state index contributed by atoms with van der Waals surface area (Å²) in [6.45, 7) is 14.2. The molecular formula is C29H35NO5. The van der Waals surface area contributed by atoms with Crippen LogP contribution in [0.15, 0.2) is 47.1 Å². The van der Waals surface area contributed by atoms with Gasteiger partial charge in [-0.1, -0.05) is 12.1 Å². The van der Waals surface area contributed by atoms with Crippen molar-refractivity contribution < 1.29 is 23.4 Å². The quantitative estimate of drug-likeness (QED) is 0.377. The van der Waals surface area contributed by atoms with Gasteiger partial charge >= 0.3 is 0 Å². The Morgan fingerprint density at radius 2 is 1.74 bits per heavy atom. The van der Waals surface area contributed by atoms with E-state index < -0.39 is 0 Å². The standard InChI is InChI=1S/C29H35NO5/c1-7-32-23-11-9-22(10-12-23)26-17-34-29-21(6)28(33-8-2)24(14-25(26)29)18(3)13-27(31)30-15-19(4)35-20(5)16-30/h9-14,17,19-20H,7-8,15-16H2,1-6H3/b18-13+. The van der Waals surface area contributed by atoms with Crippen molar-refractivity contribution in [1.29, 1.82) is 0 Å². The van der Waals surface area contributed by atoms with Crippen molar-refractivity contribution in [3.05, 3.63) is 53.8 Å². The van der Waals surface area contributed by atoms with Crippen LogP contribution in [-0.4, -0.2) is 49.3 Å². The highest BCUT2D eigenvalue weighted by Gasteiger charge is 2.25. The van der Waals surface area contributed by atoms with Gasteiger partial charge in [-0.2, -0.15) is 0 Å². The molecule has 6 nitrogen and oxygen atoms in total. The number of morpholine rings is 1. The molecule has 1 aliphatic rings. The van der Waals surface area contributed by atoms with Crippen LogP contribution in [0.1, 0.15) is 45.7 Å². The molecule has 0 saturated carbocycles. The van der Waals surface area contributed by atoms with Gasteiger partial charge in [-0.15, -0.1) is 0 Å². The van der Waals surface area contributed by atoms with Crippen molar-refractivity contribution in [2.75, 3.05) is 26.3 Å². The molecule has 0 N–H and O–H groups in total. The van der Waals surface area contributed by atoms with Gasteiger partial charge in [0.2, 0.25) is 5.91 Å². The van der Waals surface area contributed by atoms with Gasteiger partial charge < -0.3 is 23.5 Å². The van der Waals surface area contributed by atoms with E-state index in [1.54, 1.807) is 12.3 Å². The van der Waals surface area contributed by atoms with E-state index in [1.807, 2.05) is 70.7 Å². The van der Waals surface area contributed by atoms with Gasteiger partial charge in [0.15, 0.2) is 0 Å². The molecule has 0 spiro atoms. The molecule has 2 aromatic carbocycles. The molecule has 1 aromatic heterocycles. The zero-order valence-electron chi connectivity index (χ0n) is 21.5. The molecule has 4 rings (SSSR count). The summed E-state index contributed by atoms with van der Waals surface area (Å²) in [5.41, 5.74) is 5.49. The number of aryl methyl sites for hydroxylation is 1. The van der Waals surface area contributed by atoms with Crippen LogP contribution >= 0.6 is 0 Å². The molecule has 6 heteroatoms. The fraction of sp³-hybridized carbons (Fsp3) is 0.414. The number of nitrogens with zero attached hydrogens (tertiary/aromatic N) is 1. The summed E-state index contributed by atoms with van der Waals surface area (Å²) in [5.74, 6) is 1.57. The van der Waals surface area contributed by atoms with Crippen LogP contribution in [0.25, 0.3) is 27.7 Å². The molecule has 2 unspecified atom stereocenters. The molecule has 0 aliphatic carbocycles. The smallest absolute Gasteiger partial charge is 0.247 e. The second-order valence-corrected chi connectivity index (χ2v) is 9.12. The lowest BCUT2D eigenvalue weighted by atomic mass is 9.96. The van der Waals surface area contributed by atoms with E-state index in [4.69, 9.17) is 18.6 Å². The van der Waals surface area contributed by atoms with Gasteiger partial charge in [-0.25, -0.2) is 0 Å². The largest absolute Gasteiger partial charge is 0.494 e. The van der Waals surface area contributed by atoms with Gasteiger partial charge in [0.05, 0.1) is 31.7 Å². The molecule has 1 saturated heterocycles. The highest BCUT2D eigenvalue weighted by molar-refractivity contribution is 6.01. The molecule has 1 aliphatic heterocycles. The number of furan rings is 1. The molecule has 35 heavy (non-hydrogen) atoms. The minimum atomic E-state index is -0.0105. The third-order valence-corrected chi connectivity index (χ3v) is 6.31. The summed E-state index contributed by atoms with van der Waals surface area (Å²) >= 11 is 0. The third kappa shape index (κ3) is 5.22. The molecule has 2 heterocycles. The Labute approximate surface area is 207 Å². The first kappa shape index (κ1) is 24.9. The average Bonchev–Trinajstić information content (AvgIpc) is 3.25. The maximum atomic E-state index is 13.1. The number of amides is 1. The maximum Gasteiger partial charge on any atom is 0.247 e. The fourth-order valence-electron chi connectivity index (χ4n) is 4.77. The van der Waals surface area contributed by atoms with Crippen LogP contribution in [0, 0.1) is 6.92 Å². The van der Waals surface area contributed by atoms with Gasteiger partial charge in [0, 0.05) is 41.2 Å². The predicted octanol–water partition coefficient (Wildman–Crippen LogP) is 6.24. The predicted molar refractivity (Wildman–Crippen MR) is 139 cm³/mol. The lowest BCUT2D eigenvalue weighted by Gasteiger charge is -2.34. The Hall–Kier alpha value is -3.25. The Morgan fingerprint density at radius 3 is 2.37 bits per heavy atom. The minimum Gasteiger partial charge on any atom is -0.494 e. The molecule has 1 fully saturated rings. The van der Waals surface area contributed by atoms with E-state index in [9.17, 15) is 4.79 Å². The number of carbonyl (C=O) groups excluding carboxylic acids is 1. The summed E-state index contributed by atoms with van der Waals surface area (Å²) in [6.07, 6.45) is 3.55. The number of ether oxygens (including phenoxy) is 3. The topological polar surface area (TPSA) is 61.1 Å². The van der Waals surface area contributed by atoms with E-state index in [0.717, 1.165) is 50.3 Å². The molecular weight excluding hydrogens is 442 g/mol. The second-order valence-electron chi connectivity index (χ2n) is 9.12. The summed E-state index contributed by atoms with van der Waals surface area (Å²) in [7, 11) is 0. The Bertz CT molecular complexity index is 1210. The van der Waals surface area contributed by atoms with Crippen LogP contribution in [0.2, 0.25) is 0 Å². The summed E-state index contributed by atoms with van der Waals surface area (Å²) in [5, 5.41) is 0.985. The minimum absolute atomic E-state index is 0.0105. The Morgan fingerprint density at radius 1 is 1.09 bits per heavy atom. The highest BCUT2D eigenvalue weighted by atomic mass is 16.5. The lowest BCUT2D eigenvalue weighted by Crippen LogP contribution is -2.47. The number of allylic oxidation sites excluding steroid dienone is 1. The third-order valence-electron chi connectivity index (χ3n) is 6.31. The Kier molecular flexibility index (Phi) is 7.51. The zero-order valence-corrected chi connectivity index (χ0v) is 21.5. The van der Waals surface area contributed by atoms with E-state index in [2.05, 4.69) is 6.07 Å². The lowest BCUT2D eigenvalue weighted by molar-refractivity contribution is -0.137. The summed E-state index contributed by atoms with van der Waals surface area (Å²) < 4.78 is 23.4. The van der Waals surface area contributed by atoms with Gasteiger partial charge in [0.1, 0.15) is 17.1 Å². The highest BCUT2D eigenvalue weighted by Crippen LogP contribution is 2.41. The van der Waals surface area contributed by atoms with Crippen LogP contribution in [0.4, 0.5) is 0 Å². The Balaban J connectivity index is 1.75.